The average molecular weight is 591 g/mol. The van der Waals surface area contributed by atoms with E-state index in [1.165, 1.54) is 10.7 Å². The number of benzene rings is 4. The summed E-state index contributed by atoms with van der Waals surface area (Å²) >= 11 is 3.49. The zero-order valence-corrected chi connectivity index (χ0v) is 22.5. The predicted molar refractivity (Wildman–Crippen MR) is 159 cm³/mol. The van der Waals surface area contributed by atoms with Crippen LogP contribution in [0.2, 0.25) is 0 Å². The summed E-state index contributed by atoms with van der Waals surface area (Å²) in [5, 5.41) is 6.89. The third-order valence-electron chi connectivity index (χ3n) is 6.88. The zero-order chi connectivity index (χ0) is 27.2. The minimum Gasteiger partial charge on any atom is -0.453 e. The number of para-hydroxylation sites is 2. The molecule has 0 amide bonds. The molecule has 0 bridgehead atoms. The number of halogens is 2. The topological polar surface area (TPSA) is 65.3 Å². The van der Waals surface area contributed by atoms with Crippen LogP contribution in [0, 0.1) is 5.82 Å². The number of fused-ring (bicyclic) bond motifs is 3. The van der Waals surface area contributed by atoms with Crippen molar-refractivity contribution >= 4 is 54.9 Å². The maximum absolute atomic E-state index is 14.4. The monoisotopic (exact) mass is 590 g/mol. The van der Waals surface area contributed by atoms with E-state index in [1.807, 2.05) is 71.4 Å². The maximum Gasteiger partial charge on any atom is 0.282 e. The number of rotatable bonds is 5. The van der Waals surface area contributed by atoms with Crippen molar-refractivity contribution in [2.45, 2.75) is 6.54 Å². The number of furan rings is 1. The first-order valence-corrected chi connectivity index (χ1v) is 13.4. The van der Waals surface area contributed by atoms with Crippen LogP contribution < -0.4 is 5.56 Å². The molecule has 0 saturated heterocycles. The fourth-order valence-corrected chi connectivity index (χ4v) is 5.33. The van der Waals surface area contributed by atoms with Crippen molar-refractivity contribution in [3.8, 4) is 11.6 Å². The highest BCUT2D eigenvalue weighted by Crippen LogP contribution is 2.29. The maximum atomic E-state index is 14.4. The lowest BCUT2D eigenvalue weighted by Crippen LogP contribution is -2.20. The molecule has 0 aliphatic carbocycles. The molecule has 194 valence electrons. The Kier molecular flexibility index (Phi) is 5.90. The number of hydrogen-bond donors (Lipinski definition) is 0. The summed E-state index contributed by atoms with van der Waals surface area (Å²) in [6, 6.07) is 29.3. The van der Waals surface area contributed by atoms with Crippen LogP contribution in [0.4, 0.5) is 4.39 Å². The van der Waals surface area contributed by atoms with Crippen LogP contribution in [0.15, 0.2) is 122 Å². The highest BCUT2D eigenvalue weighted by atomic mass is 79.9. The fraction of sp³-hybridized carbons (Fsp3) is 0.0312. The summed E-state index contributed by atoms with van der Waals surface area (Å²) in [6.45, 7) is 0.359. The number of hydrogen-bond acceptors (Lipinski definition) is 4. The van der Waals surface area contributed by atoms with Crippen LogP contribution in [0.5, 0.6) is 0 Å². The van der Waals surface area contributed by atoms with Gasteiger partial charge in [0.25, 0.3) is 5.56 Å². The van der Waals surface area contributed by atoms with Gasteiger partial charge in [0, 0.05) is 38.1 Å². The Morgan fingerprint density at radius 2 is 1.70 bits per heavy atom. The Bertz CT molecular complexity index is 2160. The Hall–Kier alpha value is -4.82. The zero-order valence-electron chi connectivity index (χ0n) is 21.0. The first kappa shape index (κ1) is 24.2. The van der Waals surface area contributed by atoms with Gasteiger partial charge >= 0.3 is 0 Å². The molecule has 0 atom stereocenters. The Morgan fingerprint density at radius 3 is 2.58 bits per heavy atom. The smallest absolute Gasteiger partial charge is 0.282 e. The molecule has 4 aromatic carbocycles. The van der Waals surface area contributed by atoms with E-state index in [2.05, 4.69) is 21.0 Å². The van der Waals surface area contributed by atoms with Crippen molar-refractivity contribution < 1.29 is 8.81 Å². The van der Waals surface area contributed by atoms with Crippen molar-refractivity contribution in [1.82, 2.24) is 14.2 Å². The summed E-state index contributed by atoms with van der Waals surface area (Å²) in [5.74, 6) is 0.462. The molecule has 0 aliphatic rings. The van der Waals surface area contributed by atoms with Crippen molar-refractivity contribution in [2.24, 2.45) is 5.10 Å². The van der Waals surface area contributed by atoms with Gasteiger partial charge in [-0.3, -0.25) is 4.79 Å². The van der Waals surface area contributed by atoms with E-state index in [9.17, 15) is 9.18 Å². The molecule has 0 fully saturated rings. The van der Waals surface area contributed by atoms with Crippen LogP contribution in [-0.2, 0) is 6.54 Å². The van der Waals surface area contributed by atoms with E-state index in [4.69, 9.17) is 9.40 Å². The van der Waals surface area contributed by atoms with Gasteiger partial charge in [-0.25, -0.2) is 9.37 Å². The summed E-state index contributed by atoms with van der Waals surface area (Å²) in [7, 11) is 0. The standard InChI is InChI=1S/C32H20BrFN4O2/c33-23-13-14-29-21(15-23)16-30(40-29)31-36-27-11-5-2-9-25(27)32(39)38(31)35-17-22-19-37(28-12-6-3-8-24(22)28)18-20-7-1-4-10-26(20)34/h1-17,19H,18H2. The molecule has 7 rings (SSSR count). The lowest BCUT2D eigenvalue weighted by atomic mass is 10.2. The molecule has 7 aromatic rings. The van der Waals surface area contributed by atoms with Crippen LogP contribution in [0.25, 0.3) is 44.4 Å². The minimum absolute atomic E-state index is 0.258. The molecule has 0 saturated carbocycles. The molecular formula is C32H20BrFN4O2. The van der Waals surface area contributed by atoms with Crippen molar-refractivity contribution in [3.05, 3.63) is 135 Å². The van der Waals surface area contributed by atoms with Gasteiger partial charge in [0.2, 0.25) is 5.82 Å². The summed E-state index contributed by atoms with van der Waals surface area (Å²) in [6.07, 6.45) is 3.55. The number of aromatic nitrogens is 3. The van der Waals surface area contributed by atoms with Crippen molar-refractivity contribution in [1.29, 1.82) is 0 Å². The summed E-state index contributed by atoms with van der Waals surface area (Å²) in [5.41, 5.74) is 3.21. The second kappa shape index (κ2) is 9.73. The molecule has 0 radical (unpaired) electrons. The van der Waals surface area contributed by atoms with E-state index in [0.29, 0.717) is 40.2 Å². The average Bonchev–Trinajstić information content (AvgIpc) is 3.55. The summed E-state index contributed by atoms with van der Waals surface area (Å²) in [4.78, 5) is 18.4. The summed E-state index contributed by atoms with van der Waals surface area (Å²) < 4.78 is 24.7. The molecule has 0 spiro atoms. The van der Waals surface area contributed by atoms with Gasteiger partial charge in [-0.2, -0.15) is 9.78 Å². The predicted octanol–water partition coefficient (Wildman–Crippen LogP) is 7.60. The molecule has 3 heterocycles. The largest absolute Gasteiger partial charge is 0.453 e. The van der Waals surface area contributed by atoms with Crippen molar-refractivity contribution in [3.63, 3.8) is 0 Å². The second-order valence-electron chi connectivity index (χ2n) is 9.43. The van der Waals surface area contributed by atoms with Crippen LogP contribution >= 0.6 is 15.9 Å². The molecule has 8 heteroatoms. The van der Waals surface area contributed by atoms with Gasteiger partial charge in [-0.05, 0) is 48.5 Å². The third-order valence-corrected chi connectivity index (χ3v) is 7.38. The van der Waals surface area contributed by atoms with Crippen LogP contribution in [0.3, 0.4) is 0 Å². The molecule has 6 nitrogen and oxygen atoms in total. The van der Waals surface area contributed by atoms with E-state index < -0.39 is 0 Å². The van der Waals surface area contributed by atoms with Gasteiger partial charge in [0.05, 0.1) is 23.7 Å². The SMILES string of the molecule is O=c1c2ccccc2nc(-c2cc3cc(Br)ccc3o2)n1N=Cc1cn(Cc2ccccc2F)c2ccccc12. The van der Waals surface area contributed by atoms with E-state index in [0.717, 1.165) is 26.3 Å². The fourth-order valence-electron chi connectivity index (χ4n) is 4.95. The minimum atomic E-state index is -0.311. The molecule has 3 aromatic heterocycles. The van der Waals surface area contributed by atoms with Crippen LogP contribution in [-0.4, -0.2) is 20.4 Å². The highest BCUT2D eigenvalue weighted by molar-refractivity contribution is 9.10. The van der Waals surface area contributed by atoms with E-state index in [1.54, 1.807) is 36.5 Å². The van der Waals surface area contributed by atoms with Crippen molar-refractivity contribution in [2.75, 3.05) is 0 Å². The Morgan fingerprint density at radius 1 is 0.925 bits per heavy atom. The molecule has 0 aliphatic heterocycles. The molecule has 40 heavy (non-hydrogen) atoms. The van der Waals surface area contributed by atoms with Gasteiger partial charge in [0.15, 0.2) is 5.76 Å². The quantitative estimate of drug-likeness (QED) is 0.194. The van der Waals surface area contributed by atoms with Gasteiger partial charge in [0.1, 0.15) is 11.4 Å². The lowest BCUT2D eigenvalue weighted by Gasteiger charge is -2.07. The van der Waals surface area contributed by atoms with E-state index in [-0.39, 0.29) is 11.4 Å². The highest BCUT2D eigenvalue weighted by Gasteiger charge is 2.17. The van der Waals surface area contributed by atoms with Gasteiger partial charge < -0.3 is 8.98 Å². The normalized spacial score (nSPS) is 11.8. The second-order valence-corrected chi connectivity index (χ2v) is 10.3. The van der Waals surface area contributed by atoms with Gasteiger partial charge in [-0.1, -0.05) is 64.5 Å². The first-order chi connectivity index (χ1) is 19.5. The lowest BCUT2D eigenvalue weighted by molar-refractivity contribution is 0.602. The Balaban J connectivity index is 1.38. The van der Waals surface area contributed by atoms with E-state index >= 15 is 0 Å². The van der Waals surface area contributed by atoms with Gasteiger partial charge in [-0.15, -0.1) is 0 Å². The first-order valence-electron chi connectivity index (χ1n) is 12.6. The van der Waals surface area contributed by atoms with Crippen LogP contribution in [0.1, 0.15) is 11.1 Å². The molecule has 0 unspecified atom stereocenters. The molecule has 0 N–H and O–H groups in total. The molecular weight excluding hydrogens is 571 g/mol. The number of nitrogens with zero attached hydrogens (tertiary/aromatic N) is 4. The third kappa shape index (κ3) is 4.23. The Labute approximate surface area is 235 Å².